The Morgan fingerprint density at radius 2 is 1.30 bits per heavy atom. The Morgan fingerprint density at radius 1 is 0.705 bits per heavy atom. The van der Waals surface area contributed by atoms with Gasteiger partial charge in [-0.05, 0) is 72.7 Å². The van der Waals surface area contributed by atoms with Crippen LogP contribution in [0.5, 0.6) is 0 Å². The van der Waals surface area contributed by atoms with Gasteiger partial charge in [-0.1, -0.05) is 78.9 Å². The van der Waals surface area contributed by atoms with Gasteiger partial charge in [0.05, 0.1) is 16.8 Å². The van der Waals surface area contributed by atoms with E-state index in [9.17, 15) is 14.4 Å². The number of fused-ring (bicyclic) bond motifs is 3. The molecular weight excluding hydrogens is 566 g/mol. The Balaban J connectivity index is 1.16. The molecule has 0 saturated heterocycles. The molecule has 1 heterocycles. The molecule has 6 rings (SSSR count). The first-order valence-electron chi connectivity index (χ1n) is 14.2. The molecule has 2 N–H and O–H groups in total. The zero-order valence-electron chi connectivity index (χ0n) is 24.0. The van der Waals surface area contributed by atoms with Crippen LogP contribution in [0.25, 0.3) is 27.9 Å². The molecule has 1 aromatic heterocycles. The average Bonchev–Trinajstić information content (AvgIpc) is 3.40. The van der Waals surface area contributed by atoms with Gasteiger partial charge in [-0.25, -0.2) is 0 Å². The summed E-state index contributed by atoms with van der Waals surface area (Å²) in [7, 11) is 0. The molecule has 0 spiro atoms. The number of benzene rings is 5. The topological polar surface area (TPSA) is 80.2 Å². The molecular formula is C37H29N3O3S. The van der Waals surface area contributed by atoms with Crippen LogP contribution in [0, 0.1) is 6.92 Å². The number of nitrogens with zero attached hydrogens (tertiary/aromatic N) is 1. The summed E-state index contributed by atoms with van der Waals surface area (Å²) >= 11 is 1.44. The first-order valence-corrected chi connectivity index (χ1v) is 15.2. The lowest BCUT2D eigenvalue weighted by Gasteiger charge is -2.12. The second-order valence-corrected chi connectivity index (χ2v) is 11.3. The van der Waals surface area contributed by atoms with Crippen LogP contribution < -0.4 is 10.6 Å². The van der Waals surface area contributed by atoms with Gasteiger partial charge in [0.25, 0.3) is 11.8 Å². The molecule has 0 aliphatic heterocycles. The summed E-state index contributed by atoms with van der Waals surface area (Å²) < 4.78 is 1.79. The summed E-state index contributed by atoms with van der Waals surface area (Å²) in [6, 6.07) is 39.6. The number of hydrogen-bond acceptors (Lipinski definition) is 4. The number of aromatic nitrogens is 1. The number of amides is 2. The molecule has 0 fully saturated rings. The first kappa shape index (κ1) is 28.7. The zero-order valence-corrected chi connectivity index (χ0v) is 24.8. The number of carbonyl (C=O) groups excluding carboxylic acids is 3. The van der Waals surface area contributed by atoms with Crippen LogP contribution in [0.2, 0.25) is 0 Å². The third-order valence-electron chi connectivity index (χ3n) is 7.32. The third-order valence-corrected chi connectivity index (χ3v) is 8.32. The molecule has 6 nitrogen and oxygen atoms in total. The lowest BCUT2D eigenvalue weighted by atomic mass is 10.1. The van der Waals surface area contributed by atoms with E-state index in [0.29, 0.717) is 11.3 Å². The van der Waals surface area contributed by atoms with E-state index in [1.807, 2.05) is 97.9 Å². The van der Waals surface area contributed by atoms with Crippen LogP contribution in [-0.4, -0.2) is 28.0 Å². The summed E-state index contributed by atoms with van der Waals surface area (Å²) in [6.45, 7) is 1.95. The molecule has 0 radical (unpaired) electrons. The first-order chi connectivity index (χ1) is 21.5. The van der Waals surface area contributed by atoms with Crippen molar-refractivity contribution < 1.29 is 14.4 Å². The molecule has 0 atom stereocenters. The third kappa shape index (κ3) is 6.19. The number of hydrogen-bond donors (Lipinski definition) is 2. The van der Waals surface area contributed by atoms with Gasteiger partial charge in [-0.15, -0.1) is 11.8 Å². The van der Waals surface area contributed by atoms with Gasteiger partial charge in [0, 0.05) is 26.9 Å². The van der Waals surface area contributed by atoms with E-state index < -0.39 is 5.91 Å². The van der Waals surface area contributed by atoms with Crippen molar-refractivity contribution in [3.05, 3.63) is 150 Å². The van der Waals surface area contributed by atoms with Crippen LogP contribution in [-0.2, 0) is 4.79 Å². The van der Waals surface area contributed by atoms with Crippen molar-refractivity contribution in [3.63, 3.8) is 0 Å². The number of rotatable bonds is 8. The van der Waals surface area contributed by atoms with E-state index in [4.69, 9.17) is 0 Å². The van der Waals surface area contributed by atoms with E-state index in [1.54, 1.807) is 47.0 Å². The Labute approximate surface area is 259 Å². The predicted octanol–water partition coefficient (Wildman–Crippen LogP) is 7.95. The highest BCUT2D eigenvalue weighted by atomic mass is 32.2. The molecule has 0 unspecified atom stereocenters. The van der Waals surface area contributed by atoms with Crippen molar-refractivity contribution in [2.24, 2.45) is 0 Å². The van der Waals surface area contributed by atoms with E-state index >= 15 is 0 Å². The Morgan fingerprint density at radius 3 is 1.95 bits per heavy atom. The predicted molar refractivity (Wildman–Crippen MR) is 179 cm³/mol. The van der Waals surface area contributed by atoms with Crippen LogP contribution in [0.3, 0.4) is 0 Å². The summed E-state index contributed by atoms with van der Waals surface area (Å²) in [6.07, 6.45) is 1.68. The summed E-state index contributed by atoms with van der Waals surface area (Å²) in [5.41, 5.74) is 4.74. The number of anilines is 1. The SMILES string of the molecule is Cc1ccccc1/C=C(\NC(=O)c1ccccc1)C(=O)Nc1ccc(SCC(=O)n2c3ccccc3c3ccccc32)cc1. The second-order valence-electron chi connectivity index (χ2n) is 10.3. The van der Waals surface area contributed by atoms with E-state index in [-0.39, 0.29) is 23.3 Å². The molecule has 0 aliphatic rings. The number of nitrogens with one attached hydrogen (secondary N) is 2. The van der Waals surface area contributed by atoms with Gasteiger partial charge in [0.15, 0.2) is 0 Å². The molecule has 216 valence electrons. The number of aryl methyl sites for hydroxylation is 1. The maximum Gasteiger partial charge on any atom is 0.272 e. The minimum atomic E-state index is -0.445. The molecule has 2 amide bonds. The van der Waals surface area contributed by atoms with E-state index in [2.05, 4.69) is 10.6 Å². The molecule has 0 saturated carbocycles. The number of para-hydroxylation sites is 2. The minimum Gasteiger partial charge on any atom is -0.321 e. The molecule has 44 heavy (non-hydrogen) atoms. The lowest BCUT2D eigenvalue weighted by molar-refractivity contribution is -0.113. The van der Waals surface area contributed by atoms with E-state index in [0.717, 1.165) is 37.8 Å². The second kappa shape index (κ2) is 12.9. The molecule has 6 aromatic rings. The van der Waals surface area contributed by atoms with Crippen LogP contribution >= 0.6 is 11.8 Å². The summed E-state index contributed by atoms with van der Waals surface area (Å²) in [5, 5.41) is 7.78. The zero-order chi connectivity index (χ0) is 30.5. The van der Waals surface area contributed by atoms with Gasteiger partial charge >= 0.3 is 0 Å². The fraction of sp³-hybridized carbons (Fsp3) is 0.0541. The quantitative estimate of drug-likeness (QED) is 0.138. The molecule has 5 aromatic carbocycles. The maximum absolute atomic E-state index is 13.4. The highest BCUT2D eigenvalue weighted by Gasteiger charge is 2.17. The smallest absolute Gasteiger partial charge is 0.272 e. The van der Waals surface area contributed by atoms with Crippen molar-refractivity contribution in [2.75, 3.05) is 11.1 Å². The van der Waals surface area contributed by atoms with Crippen LogP contribution in [0.4, 0.5) is 5.69 Å². The van der Waals surface area contributed by atoms with Crippen molar-refractivity contribution in [1.82, 2.24) is 9.88 Å². The van der Waals surface area contributed by atoms with Gasteiger partial charge in [0.2, 0.25) is 5.91 Å². The number of carbonyl (C=O) groups is 3. The van der Waals surface area contributed by atoms with Crippen molar-refractivity contribution >= 4 is 63.1 Å². The summed E-state index contributed by atoms with van der Waals surface area (Å²) in [5.74, 6) is -0.576. The lowest BCUT2D eigenvalue weighted by Crippen LogP contribution is -2.30. The molecule has 0 aliphatic carbocycles. The highest BCUT2D eigenvalue weighted by Crippen LogP contribution is 2.30. The fourth-order valence-electron chi connectivity index (χ4n) is 5.08. The molecule has 7 heteroatoms. The Hall–Kier alpha value is -5.40. The fourth-order valence-corrected chi connectivity index (χ4v) is 5.83. The van der Waals surface area contributed by atoms with Crippen molar-refractivity contribution in [2.45, 2.75) is 11.8 Å². The van der Waals surface area contributed by atoms with Crippen LogP contribution in [0.1, 0.15) is 26.3 Å². The molecule has 0 bridgehead atoms. The normalized spacial score (nSPS) is 11.4. The summed E-state index contributed by atoms with van der Waals surface area (Å²) in [4.78, 5) is 40.6. The Kier molecular flexibility index (Phi) is 8.39. The van der Waals surface area contributed by atoms with Gasteiger partial charge < -0.3 is 10.6 Å². The monoisotopic (exact) mass is 595 g/mol. The van der Waals surface area contributed by atoms with Gasteiger partial charge in [0.1, 0.15) is 5.70 Å². The van der Waals surface area contributed by atoms with Gasteiger partial charge in [-0.2, -0.15) is 0 Å². The number of thioether (sulfide) groups is 1. The maximum atomic E-state index is 13.4. The van der Waals surface area contributed by atoms with Crippen LogP contribution in [0.15, 0.2) is 138 Å². The highest BCUT2D eigenvalue weighted by molar-refractivity contribution is 8.00. The van der Waals surface area contributed by atoms with E-state index in [1.165, 1.54) is 11.8 Å². The standard InChI is InChI=1S/C37H29N3O3S/c1-25-11-5-6-14-27(25)23-32(39-36(42)26-12-3-2-4-13-26)37(43)38-28-19-21-29(22-20-28)44-24-35(41)40-33-17-9-7-15-30(33)31-16-8-10-18-34(31)40/h2-23H,24H2,1H3,(H,38,43)(H,39,42)/b32-23-. The largest absolute Gasteiger partial charge is 0.321 e. The average molecular weight is 596 g/mol. The minimum absolute atomic E-state index is 0.00933. The van der Waals surface area contributed by atoms with Gasteiger partial charge in [-0.3, -0.25) is 19.0 Å². The van der Waals surface area contributed by atoms with Crippen molar-refractivity contribution in [1.29, 1.82) is 0 Å². The Bertz CT molecular complexity index is 1980. The van der Waals surface area contributed by atoms with Crippen molar-refractivity contribution in [3.8, 4) is 0 Å².